The summed E-state index contributed by atoms with van der Waals surface area (Å²) in [7, 11) is 1.58. The minimum absolute atomic E-state index is 0.202. The van der Waals surface area contributed by atoms with Crippen LogP contribution in [-0.4, -0.2) is 23.1 Å². The van der Waals surface area contributed by atoms with Gasteiger partial charge in [0.1, 0.15) is 11.5 Å². The van der Waals surface area contributed by atoms with Crippen LogP contribution in [0.15, 0.2) is 54.7 Å². The fourth-order valence-electron chi connectivity index (χ4n) is 3.20. The van der Waals surface area contributed by atoms with Crippen LogP contribution in [0.5, 0.6) is 11.5 Å². The minimum Gasteiger partial charge on any atom is -0.508 e. The minimum atomic E-state index is -0.257. The first-order valence-corrected chi connectivity index (χ1v) is 8.30. The van der Waals surface area contributed by atoms with Gasteiger partial charge in [-0.15, -0.1) is 0 Å². The number of phenols is 1. The van der Waals surface area contributed by atoms with E-state index in [0.717, 1.165) is 16.7 Å². The van der Waals surface area contributed by atoms with Gasteiger partial charge in [0.15, 0.2) is 0 Å². The van der Waals surface area contributed by atoms with Crippen molar-refractivity contribution in [1.29, 1.82) is 0 Å². The monoisotopic (exact) mass is 356 g/mol. The number of terminal acetylenes is 1. The standard InChI is InChI=1S/C22H16N2O3/c1-3-24-20-9-6-15(14-4-7-16(25)8-5-14)12-17(20)18(22(24)26)13-19-21(27-2)10-11-23-19/h1,4-13,23,25H,2H3. The molecule has 0 radical (unpaired) electrons. The molecular formula is C22H16N2O3. The van der Waals surface area contributed by atoms with Crippen LogP contribution in [0.4, 0.5) is 5.69 Å². The van der Waals surface area contributed by atoms with Crippen LogP contribution in [0.3, 0.4) is 0 Å². The Kier molecular flexibility index (Phi) is 3.94. The summed E-state index contributed by atoms with van der Waals surface area (Å²) in [4.78, 5) is 17.2. The number of benzene rings is 2. The van der Waals surface area contributed by atoms with Crippen LogP contribution >= 0.6 is 0 Å². The summed E-state index contributed by atoms with van der Waals surface area (Å²) >= 11 is 0. The number of H-pyrrole nitrogens is 1. The molecule has 1 aromatic heterocycles. The molecular weight excluding hydrogens is 340 g/mol. The molecule has 0 fully saturated rings. The van der Waals surface area contributed by atoms with Crippen LogP contribution in [0.1, 0.15) is 11.3 Å². The van der Waals surface area contributed by atoms with Gasteiger partial charge < -0.3 is 14.8 Å². The summed E-state index contributed by atoms with van der Waals surface area (Å²) in [6.07, 6.45) is 9.06. The van der Waals surface area contributed by atoms with Gasteiger partial charge in [0.2, 0.25) is 0 Å². The highest BCUT2D eigenvalue weighted by Crippen LogP contribution is 2.40. The third-order valence-electron chi connectivity index (χ3n) is 4.54. The lowest BCUT2D eigenvalue weighted by molar-refractivity contribution is -0.112. The normalized spacial score (nSPS) is 14.3. The van der Waals surface area contributed by atoms with Crippen molar-refractivity contribution >= 4 is 23.2 Å². The molecule has 0 saturated heterocycles. The Morgan fingerprint density at radius 1 is 1.15 bits per heavy atom. The maximum Gasteiger partial charge on any atom is 0.270 e. The van der Waals surface area contributed by atoms with Gasteiger partial charge in [0, 0.05) is 17.8 Å². The number of rotatable bonds is 3. The molecule has 132 valence electrons. The first-order chi connectivity index (χ1) is 13.1. The maximum atomic E-state index is 12.8. The SMILES string of the molecule is C#CN1C(=O)C(=Cc2[nH]ccc2OC)c2cc(-c3ccc(O)cc3)ccc21. The lowest BCUT2D eigenvalue weighted by Crippen LogP contribution is -2.19. The van der Waals surface area contributed by atoms with Gasteiger partial charge in [-0.05, 0) is 47.5 Å². The Balaban J connectivity index is 1.87. The van der Waals surface area contributed by atoms with Gasteiger partial charge >= 0.3 is 0 Å². The van der Waals surface area contributed by atoms with E-state index in [1.165, 1.54) is 4.90 Å². The molecule has 2 aromatic carbocycles. The molecule has 4 rings (SSSR count). The average molecular weight is 356 g/mol. The van der Waals surface area contributed by atoms with Gasteiger partial charge in [-0.25, -0.2) is 4.90 Å². The number of methoxy groups -OCH3 is 1. The zero-order chi connectivity index (χ0) is 19.0. The van der Waals surface area contributed by atoms with E-state index < -0.39 is 0 Å². The molecule has 5 heteroatoms. The number of hydrogen-bond donors (Lipinski definition) is 2. The highest BCUT2D eigenvalue weighted by Gasteiger charge is 2.32. The molecule has 0 bridgehead atoms. The van der Waals surface area contributed by atoms with Crippen LogP contribution in [0.2, 0.25) is 0 Å². The maximum absolute atomic E-state index is 12.8. The summed E-state index contributed by atoms with van der Waals surface area (Å²) in [5, 5.41) is 9.50. The van der Waals surface area contributed by atoms with Crippen molar-refractivity contribution < 1.29 is 14.6 Å². The number of phenolic OH excluding ortho intramolecular Hbond substituents is 1. The van der Waals surface area contributed by atoms with Gasteiger partial charge in [-0.3, -0.25) is 4.79 Å². The van der Waals surface area contributed by atoms with E-state index >= 15 is 0 Å². The first kappa shape index (κ1) is 16.6. The van der Waals surface area contributed by atoms with Crippen LogP contribution in [-0.2, 0) is 4.79 Å². The molecule has 1 amide bonds. The summed E-state index contributed by atoms with van der Waals surface area (Å²) in [6.45, 7) is 0. The van der Waals surface area contributed by atoms with E-state index in [0.29, 0.717) is 22.7 Å². The molecule has 1 aliphatic rings. The van der Waals surface area contributed by atoms with Crippen molar-refractivity contribution in [3.05, 3.63) is 66.0 Å². The number of amides is 1. The molecule has 0 unspecified atom stereocenters. The average Bonchev–Trinajstić information content (AvgIpc) is 3.24. The number of anilines is 1. The second-order valence-electron chi connectivity index (χ2n) is 6.07. The Morgan fingerprint density at radius 3 is 2.59 bits per heavy atom. The summed E-state index contributed by atoms with van der Waals surface area (Å²) in [5.74, 6) is 0.589. The quantitative estimate of drug-likeness (QED) is 0.553. The Morgan fingerprint density at radius 2 is 1.89 bits per heavy atom. The van der Waals surface area contributed by atoms with Gasteiger partial charge in [-0.2, -0.15) is 0 Å². The predicted octanol–water partition coefficient (Wildman–Crippen LogP) is 3.87. The van der Waals surface area contributed by atoms with Crippen molar-refractivity contribution in [2.24, 2.45) is 0 Å². The first-order valence-electron chi connectivity index (χ1n) is 8.30. The van der Waals surface area contributed by atoms with Crippen molar-refractivity contribution in [2.45, 2.75) is 0 Å². The van der Waals surface area contributed by atoms with Gasteiger partial charge in [-0.1, -0.05) is 24.6 Å². The number of carbonyl (C=O) groups excluding carboxylic acids is 1. The third kappa shape index (κ3) is 2.74. The molecule has 0 saturated carbocycles. The molecule has 5 nitrogen and oxygen atoms in total. The summed E-state index contributed by atoms with van der Waals surface area (Å²) in [6, 6.07) is 16.8. The smallest absolute Gasteiger partial charge is 0.270 e. The molecule has 3 aromatic rings. The molecule has 0 spiro atoms. The number of hydrogen-bond acceptors (Lipinski definition) is 3. The fourth-order valence-corrected chi connectivity index (χ4v) is 3.20. The van der Waals surface area contributed by atoms with Crippen LogP contribution < -0.4 is 9.64 Å². The number of carbonyl (C=O) groups is 1. The highest BCUT2D eigenvalue weighted by atomic mass is 16.5. The molecule has 2 heterocycles. The Hall–Kier alpha value is -3.91. The van der Waals surface area contributed by atoms with Crippen LogP contribution in [0.25, 0.3) is 22.8 Å². The Bertz CT molecular complexity index is 1100. The topological polar surface area (TPSA) is 65.6 Å². The largest absolute Gasteiger partial charge is 0.508 e. The van der Waals surface area contributed by atoms with E-state index in [2.05, 4.69) is 11.0 Å². The predicted molar refractivity (Wildman–Crippen MR) is 105 cm³/mol. The van der Waals surface area contributed by atoms with Crippen molar-refractivity contribution in [3.8, 4) is 35.1 Å². The fraction of sp³-hybridized carbons (Fsp3) is 0.0455. The number of aromatic amines is 1. The Labute approximate surface area is 156 Å². The lowest BCUT2D eigenvalue weighted by Gasteiger charge is -2.08. The number of nitrogens with one attached hydrogen (secondary N) is 1. The highest BCUT2D eigenvalue weighted by molar-refractivity contribution is 6.37. The number of aromatic hydroxyl groups is 1. The van der Waals surface area contributed by atoms with Crippen molar-refractivity contribution in [3.63, 3.8) is 0 Å². The van der Waals surface area contributed by atoms with E-state index in [4.69, 9.17) is 11.2 Å². The molecule has 27 heavy (non-hydrogen) atoms. The third-order valence-corrected chi connectivity index (χ3v) is 4.54. The van der Waals surface area contributed by atoms with Crippen molar-refractivity contribution in [2.75, 3.05) is 12.0 Å². The number of aromatic nitrogens is 1. The zero-order valence-electron chi connectivity index (χ0n) is 14.6. The van der Waals surface area contributed by atoms with E-state index in [9.17, 15) is 9.90 Å². The summed E-state index contributed by atoms with van der Waals surface area (Å²) < 4.78 is 5.31. The molecule has 0 aliphatic carbocycles. The second-order valence-corrected chi connectivity index (χ2v) is 6.07. The molecule has 1 aliphatic heterocycles. The van der Waals surface area contributed by atoms with E-state index in [1.807, 2.05) is 30.3 Å². The van der Waals surface area contributed by atoms with Crippen molar-refractivity contribution in [1.82, 2.24) is 4.98 Å². The second kappa shape index (κ2) is 6.43. The lowest BCUT2D eigenvalue weighted by atomic mass is 9.99. The van der Waals surface area contributed by atoms with E-state index in [-0.39, 0.29) is 11.7 Å². The zero-order valence-corrected chi connectivity index (χ0v) is 14.6. The molecule has 2 N–H and O–H groups in total. The van der Waals surface area contributed by atoms with Crippen LogP contribution in [0, 0.1) is 12.5 Å². The number of nitrogens with zero attached hydrogens (tertiary/aromatic N) is 1. The summed E-state index contributed by atoms with van der Waals surface area (Å²) in [5.41, 5.74) is 4.45. The molecule has 0 atom stereocenters. The number of fused-ring (bicyclic) bond motifs is 1. The van der Waals surface area contributed by atoms with Gasteiger partial charge in [0.25, 0.3) is 5.91 Å². The number of ether oxygens (including phenoxy) is 1. The van der Waals surface area contributed by atoms with E-state index in [1.54, 1.807) is 37.6 Å². The van der Waals surface area contributed by atoms with Gasteiger partial charge in [0.05, 0.1) is 24.1 Å².